The van der Waals surface area contributed by atoms with Crippen molar-refractivity contribution >= 4 is 29.2 Å². The van der Waals surface area contributed by atoms with Crippen molar-refractivity contribution in [2.24, 2.45) is 0 Å². The van der Waals surface area contributed by atoms with E-state index in [1.165, 1.54) is 13.2 Å². The molecule has 1 aromatic heterocycles. The Kier molecular flexibility index (Phi) is 7.78. The van der Waals surface area contributed by atoms with Gasteiger partial charge in [-0.1, -0.05) is 28.9 Å². The van der Waals surface area contributed by atoms with Crippen molar-refractivity contribution in [1.82, 2.24) is 10.1 Å². The third-order valence-corrected chi connectivity index (χ3v) is 7.42. The Hall–Kier alpha value is -3.92. The molecule has 1 amide bonds. The van der Waals surface area contributed by atoms with Crippen molar-refractivity contribution in [1.29, 1.82) is 0 Å². The molecular weight excluding hydrogens is 558 g/mol. The molecule has 0 radical (unpaired) electrons. The van der Waals surface area contributed by atoms with Crippen LogP contribution in [0.15, 0.2) is 52.6 Å². The average molecular weight is 587 g/mol. The summed E-state index contributed by atoms with van der Waals surface area (Å²) >= 11 is 5.92. The van der Waals surface area contributed by atoms with Crippen molar-refractivity contribution in [2.45, 2.75) is 64.3 Å². The van der Waals surface area contributed by atoms with E-state index in [9.17, 15) is 18.4 Å². The lowest BCUT2D eigenvalue weighted by atomic mass is 9.88. The number of hydrogen-bond acceptors (Lipinski definition) is 7. The minimum absolute atomic E-state index is 0.0218. The standard InChI is InChI=1S/C30H29ClF2N2O6/c1-30(2,3)40-29(37)35-17-7-12-24(35)25(28(36)38-4)20(13-17)16-5-8-18(9-6-16)39-15-19-14-23(34-41-19)26-21(32)10-11-22(33)27(26)31/h5-6,8-11,14,17,24H,7,12-13,15H2,1-4H3. The number of carbonyl (C=O) groups is 2. The molecule has 0 saturated carbocycles. The van der Waals surface area contributed by atoms with Gasteiger partial charge < -0.3 is 18.7 Å². The monoisotopic (exact) mass is 586 g/mol. The summed E-state index contributed by atoms with van der Waals surface area (Å²) in [5.74, 6) is -1.17. The highest BCUT2D eigenvalue weighted by Gasteiger charge is 2.48. The summed E-state index contributed by atoms with van der Waals surface area (Å²) in [6, 6.07) is 9.99. The summed E-state index contributed by atoms with van der Waals surface area (Å²) in [5.41, 5.74) is 1.31. The molecule has 0 N–H and O–H groups in total. The lowest BCUT2D eigenvalue weighted by Crippen LogP contribution is -2.48. The fraction of sp³-hybridized carbons (Fsp3) is 0.367. The van der Waals surface area contributed by atoms with E-state index in [4.69, 9.17) is 30.3 Å². The van der Waals surface area contributed by atoms with Crippen LogP contribution in [0.3, 0.4) is 0 Å². The van der Waals surface area contributed by atoms with Crippen LogP contribution in [0.2, 0.25) is 5.02 Å². The van der Waals surface area contributed by atoms with Crippen LogP contribution in [0.5, 0.6) is 5.75 Å². The molecule has 5 rings (SSSR count). The van der Waals surface area contributed by atoms with Crippen molar-refractivity contribution in [2.75, 3.05) is 7.11 Å². The first-order valence-electron chi connectivity index (χ1n) is 13.1. The molecule has 1 saturated heterocycles. The maximum absolute atomic E-state index is 14.2. The van der Waals surface area contributed by atoms with Gasteiger partial charge in [-0.3, -0.25) is 4.90 Å². The Labute approximate surface area is 240 Å². The number of fused-ring (bicyclic) bond motifs is 2. The molecule has 3 heterocycles. The Morgan fingerprint density at radius 1 is 1.10 bits per heavy atom. The predicted octanol–water partition coefficient (Wildman–Crippen LogP) is 6.95. The number of methoxy groups -OCH3 is 1. The number of esters is 1. The molecule has 0 spiro atoms. The van der Waals surface area contributed by atoms with E-state index in [2.05, 4.69) is 5.16 Å². The van der Waals surface area contributed by atoms with Gasteiger partial charge in [0.25, 0.3) is 0 Å². The number of rotatable bonds is 6. The molecule has 3 aromatic rings. The molecule has 2 aromatic carbocycles. The van der Waals surface area contributed by atoms with E-state index < -0.39 is 35.3 Å². The van der Waals surface area contributed by atoms with Gasteiger partial charge >= 0.3 is 12.1 Å². The molecular formula is C30H29ClF2N2O6. The highest BCUT2D eigenvalue weighted by molar-refractivity contribution is 6.33. The zero-order valence-corrected chi connectivity index (χ0v) is 23.8. The topological polar surface area (TPSA) is 91.1 Å². The number of aromatic nitrogens is 1. The molecule has 2 aliphatic heterocycles. The van der Waals surface area contributed by atoms with Crippen molar-refractivity contribution in [3.8, 4) is 17.0 Å². The number of carbonyl (C=O) groups excluding carboxylic acids is 2. The first-order chi connectivity index (χ1) is 19.5. The second kappa shape index (κ2) is 11.2. The molecule has 41 heavy (non-hydrogen) atoms. The van der Waals surface area contributed by atoms with Gasteiger partial charge in [-0.2, -0.15) is 0 Å². The van der Waals surface area contributed by atoms with Crippen LogP contribution in [0.4, 0.5) is 13.6 Å². The highest BCUT2D eigenvalue weighted by atomic mass is 35.5. The van der Waals surface area contributed by atoms with Crippen LogP contribution in [-0.2, 0) is 20.9 Å². The zero-order chi connectivity index (χ0) is 29.5. The van der Waals surface area contributed by atoms with Gasteiger partial charge in [0.15, 0.2) is 5.76 Å². The second-order valence-corrected chi connectivity index (χ2v) is 11.3. The quantitative estimate of drug-likeness (QED) is 0.228. The molecule has 1 fully saturated rings. The molecule has 2 unspecified atom stereocenters. The fourth-order valence-electron chi connectivity index (χ4n) is 5.31. The van der Waals surface area contributed by atoms with Crippen molar-refractivity contribution < 1.29 is 37.1 Å². The van der Waals surface area contributed by atoms with Crippen LogP contribution in [-0.4, -0.2) is 46.9 Å². The van der Waals surface area contributed by atoms with Gasteiger partial charge in [0.1, 0.15) is 35.3 Å². The van der Waals surface area contributed by atoms with Gasteiger partial charge in [-0.15, -0.1) is 0 Å². The summed E-state index contributed by atoms with van der Waals surface area (Å²) in [6.45, 7) is 5.41. The van der Waals surface area contributed by atoms with Crippen LogP contribution >= 0.6 is 11.6 Å². The number of amides is 1. The van der Waals surface area contributed by atoms with E-state index in [0.29, 0.717) is 24.2 Å². The van der Waals surface area contributed by atoms with Crippen molar-refractivity contribution in [3.05, 3.63) is 76.0 Å². The van der Waals surface area contributed by atoms with Crippen LogP contribution in [0.25, 0.3) is 16.8 Å². The lowest BCUT2D eigenvalue weighted by Gasteiger charge is -2.38. The molecule has 2 aliphatic rings. The van der Waals surface area contributed by atoms with E-state index in [-0.39, 0.29) is 34.7 Å². The van der Waals surface area contributed by atoms with Gasteiger partial charge in [0.05, 0.1) is 29.3 Å². The fourth-order valence-corrected chi connectivity index (χ4v) is 5.56. The smallest absolute Gasteiger partial charge is 0.411 e. The SMILES string of the molecule is COC(=O)C1=C(c2ccc(OCc3cc(-c4c(F)ccc(F)c4Cl)no3)cc2)CC2CCC1N2C(=O)OC(C)(C)C. The van der Waals surface area contributed by atoms with Gasteiger partial charge in [-0.05, 0) is 75.4 Å². The number of nitrogens with zero attached hydrogens (tertiary/aromatic N) is 2. The van der Waals surface area contributed by atoms with Crippen LogP contribution in [0, 0.1) is 11.6 Å². The second-order valence-electron chi connectivity index (χ2n) is 10.9. The molecule has 216 valence electrons. The zero-order valence-electron chi connectivity index (χ0n) is 23.0. The Morgan fingerprint density at radius 3 is 2.49 bits per heavy atom. The lowest BCUT2D eigenvalue weighted by molar-refractivity contribution is -0.136. The van der Waals surface area contributed by atoms with Gasteiger partial charge in [0.2, 0.25) is 0 Å². The normalized spacial score (nSPS) is 18.5. The summed E-state index contributed by atoms with van der Waals surface area (Å²) in [5, 5.41) is 3.41. The van der Waals surface area contributed by atoms with E-state index in [1.54, 1.807) is 17.0 Å². The number of hydrogen-bond donors (Lipinski definition) is 0. The molecule has 2 atom stereocenters. The average Bonchev–Trinajstić information content (AvgIpc) is 3.52. The number of halogens is 3. The Balaban J connectivity index is 1.33. The molecule has 2 bridgehead atoms. The third kappa shape index (κ3) is 5.79. The predicted molar refractivity (Wildman–Crippen MR) is 146 cm³/mol. The summed E-state index contributed by atoms with van der Waals surface area (Å²) in [7, 11) is 1.33. The highest BCUT2D eigenvalue weighted by Crippen LogP contribution is 2.44. The largest absolute Gasteiger partial charge is 0.486 e. The minimum Gasteiger partial charge on any atom is -0.486 e. The minimum atomic E-state index is -0.766. The third-order valence-electron chi connectivity index (χ3n) is 7.05. The molecule has 0 aliphatic carbocycles. The number of ether oxygens (including phenoxy) is 3. The molecule has 11 heteroatoms. The van der Waals surface area contributed by atoms with Gasteiger partial charge in [-0.25, -0.2) is 18.4 Å². The number of benzene rings is 2. The van der Waals surface area contributed by atoms with E-state index >= 15 is 0 Å². The maximum atomic E-state index is 14.2. The van der Waals surface area contributed by atoms with Crippen LogP contribution in [0.1, 0.15) is 51.4 Å². The summed E-state index contributed by atoms with van der Waals surface area (Å²) < 4.78 is 49.8. The molecule has 8 nitrogen and oxygen atoms in total. The van der Waals surface area contributed by atoms with E-state index in [1.807, 2.05) is 32.9 Å². The maximum Gasteiger partial charge on any atom is 0.411 e. The van der Waals surface area contributed by atoms with Gasteiger partial charge in [0, 0.05) is 12.1 Å². The first kappa shape index (κ1) is 28.6. The Morgan fingerprint density at radius 2 is 1.80 bits per heavy atom. The first-order valence-corrected chi connectivity index (χ1v) is 13.5. The van der Waals surface area contributed by atoms with Crippen molar-refractivity contribution in [3.63, 3.8) is 0 Å². The Bertz CT molecular complexity index is 1510. The summed E-state index contributed by atoms with van der Waals surface area (Å²) in [6.07, 6.45) is 1.44. The van der Waals surface area contributed by atoms with Crippen LogP contribution < -0.4 is 4.74 Å². The van der Waals surface area contributed by atoms with E-state index in [0.717, 1.165) is 29.7 Å². The summed E-state index contributed by atoms with van der Waals surface area (Å²) in [4.78, 5) is 27.6.